The maximum absolute atomic E-state index is 14.0. The van der Waals surface area contributed by atoms with Gasteiger partial charge in [0.05, 0.1) is 13.7 Å². The summed E-state index contributed by atoms with van der Waals surface area (Å²) in [5, 5.41) is 0.503. The van der Waals surface area contributed by atoms with Crippen LogP contribution in [-0.2, 0) is 9.53 Å². The fraction of sp³-hybridized carbons (Fsp3) is 0.464. The molecule has 0 bridgehead atoms. The van der Waals surface area contributed by atoms with Crippen LogP contribution in [0.25, 0.3) is 0 Å². The highest BCUT2D eigenvalue weighted by Crippen LogP contribution is 2.39. The molecule has 1 atom stereocenters. The zero-order chi connectivity index (χ0) is 26.9. The number of piperazine rings is 1. The summed E-state index contributed by atoms with van der Waals surface area (Å²) < 4.78 is 11.7. The highest BCUT2D eigenvalue weighted by atomic mass is 35.5. The van der Waals surface area contributed by atoms with Crippen LogP contribution in [0.2, 0.25) is 5.02 Å². The molecule has 3 aliphatic rings. The Morgan fingerprint density at radius 1 is 0.895 bits per heavy atom. The van der Waals surface area contributed by atoms with E-state index < -0.39 is 11.8 Å². The molecule has 5 rings (SSSR count). The van der Waals surface area contributed by atoms with Crippen LogP contribution >= 0.6 is 11.6 Å². The van der Waals surface area contributed by atoms with Crippen molar-refractivity contribution in [2.45, 2.75) is 24.6 Å². The van der Waals surface area contributed by atoms with Gasteiger partial charge in [0.1, 0.15) is 17.5 Å². The van der Waals surface area contributed by atoms with Crippen molar-refractivity contribution in [2.24, 2.45) is 0 Å². The van der Waals surface area contributed by atoms with Gasteiger partial charge in [0.25, 0.3) is 11.8 Å². The Labute approximate surface area is 227 Å². The third-order valence-corrected chi connectivity index (χ3v) is 8.03. The Balaban J connectivity index is 1.40. The third kappa shape index (κ3) is 5.10. The summed E-state index contributed by atoms with van der Waals surface area (Å²) in [6, 6.07) is 13.1. The topological polar surface area (TPSA) is 82.6 Å². The molecule has 3 aliphatic heterocycles. The molecule has 3 fully saturated rings. The lowest BCUT2D eigenvalue weighted by atomic mass is 9.96. The van der Waals surface area contributed by atoms with Crippen molar-refractivity contribution in [1.29, 1.82) is 0 Å². The van der Waals surface area contributed by atoms with Crippen molar-refractivity contribution >= 4 is 29.3 Å². The zero-order valence-electron chi connectivity index (χ0n) is 21.8. The Bertz CT molecular complexity index is 1210. The maximum atomic E-state index is 14.0. The van der Waals surface area contributed by atoms with Gasteiger partial charge in [-0.1, -0.05) is 23.7 Å². The van der Waals surface area contributed by atoms with Crippen molar-refractivity contribution in [3.63, 3.8) is 0 Å². The van der Waals surface area contributed by atoms with Gasteiger partial charge >= 0.3 is 0 Å². The molecule has 38 heavy (non-hydrogen) atoms. The van der Waals surface area contributed by atoms with E-state index in [0.717, 1.165) is 13.1 Å². The lowest BCUT2D eigenvalue weighted by molar-refractivity contribution is -0.139. The minimum Gasteiger partial charge on any atom is -0.497 e. The fourth-order valence-corrected chi connectivity index (χ4v) is 5.74. The van der Waals surface area contributed by atoms with Gasteiger partial charge in [0.2, 0.25) is 5.91 Å². The Kier molecular flexibility index (Phi) is 7.61. The van der Waals surface area contributed by atoms with Crippen molar-refractivity contribution in [3.8, 4) is 5.75 Å². The predicted octanol–water partition coefficient (Wildman–Crippen LogP) is 2.60. The average molecular weight is 541 g/mol. The number of methoxy groups -OCH3 is 1. The largest absolute Gasteiger partial charge is 0.497 e. The molecular formula is C28H33ClN4O5. The molecule has 0 saturated carbocycles. The Hall–Kier alpha value is -3.14. The number of likely N-dealkylation sites (tertiary alicyclic amines) is 1. The molecule has 3 amide bonds. The molecule has 0 aromatic heterocycles. The summed E-state index contributed by atoms with van der Waals surface area (Å²) in [6.07, 6.45) is 0.809. The molecular weight excluding hydrogens is 508 g/mol. The van der Waals surface area contributed by atoms with Gasteiger partial charge < -0.3 is 24.2 Å². The van der Waals surface area contributed by atoms with Gasteiger partial charge in [-0.2, -0.15) is 0 Å². The SMILES string of the molecule is COc1cccc(C(=O)N2C(C(=O)N3CCN(C)CC3)COC23CCN(C(=O)c2cccc(Cl)c2)CC3)c1. The van der Waals surface area contributed by atoms with Gasteiger partial charge in [-0.05, 0) is 43.4 Å². The molecule has 3 heterocycles. The van der Waals surface area contributed by atoms with Crippen LogP contribution in [0, 0.1) is 0 Å². The summed E-state index contributed by atoms with van der Waals surface area (Å²) in [7, 11) is 3.59. The van der Waals surface area contributed by atoms with E-state index in [1.165, 1.54) is 0 Å². The lowest BCUT2D eigenvalue weighted by Crippen LogP contribution is -2.61. The molecule has 2 aromatic carbocycles. The summed E-state index contributed by atoms with van der Waals surface area (Å²) in [4.78, 5) is 48.3. The van der Waals surface area contributed by atoms with Gasteiger partial charge in [-0.25, -0.2) is 0 Å². The molecule has 1 spiro atoms. The Morgan fingerprint density at radius 3 is 2.21 bits per heavy atom. The molecule has 10 heteroatoms. The number of piperidine rings is 1. The van der Waals surface area contributed by atoms with Gasteiger partial charge in [0, 0.05) is 68.3 Å². The highest BCUT2D eigenvalue weighted by molar-refractivity contribution is 6.30. The van der Waals surface area contributed by atoms with Crippen molar-refractivity contribution in [1.82, 2.24) is 19.6 Å². The Morgan fingerprint density at radius 2 is 1.55 bits per heavy atom. The van der Waals surface area contributed by atoms with Gasteiger partial charge in [0.15, 0.2) is 0 Å². The van der Waals surface area contributed by atoms with Crippen LogP contribution in [0.3, 0.4) is 0 Å². The maximum Gasteiger partial charge on any atom is 0.257 e. The number of benzene rings is 2. The first-order chi connectivity index (χ1) is 18.3. The number of hydrogen-bond acceptors (Lipinski definition) is 6. The summed E-state index contributed by atoms with van der Waals surface area (Å²) in [5.41, 5.74) is -0.0193. The number of likely N-dealkylation sites (N-methyl/N-ethyl adjacent to an activating group) is 1. The minimum atomic E-state index is -0.974. The van der Waals surface area contributed by atoms with Crippen molar-refractivity contribution in [3.05, 3.63) is 64.7 Å². The molecule has 1 unspecified atom stereocenters. The number of rotatable bonds is 4. The number of ether oxygens (including phenoxy) is 2. The zero-order valence-corrected chi connectivity index (χ0v) is 22.5. The first kappa shape index (κ1) is 26.5. The van der Waals surface area contributed by atoms with Crippen LogP contribution < -0.4 is 4.74 Å². The van der Waals surface area contributed by atoms with E-state index >= 15 is 0 Å². The second kappa shape index (κ2) is 10.9. The first-order valence-corrected chi connectivity index (χ1v) is 13.3. The van der Waals surface area contributed by atoms with Crippen LogP contribution in [-0.4, -0.2) is 109 Å². The van der Waals surface area contributed by atoms with E-state index in [1.54, 1.807) is 65.4 Å². The smallest absolute Gasteiger partial charge is 0.257 e. The van der Waals surface area contributed by atoms with Gasteiger partial charge in [-0.3, -0.25) is 19.3 Å². The number of carbonyl (C=O) groups excluding carboxylic acids is 3. The fourth-order valence-electron chi connectivity index (χ4n) is 5.55. The van der Waals surface area contributed by atoms with Crippen LogP contribution in [0.5, 0.6) is 5.75 Å². The molecule has 3 saturated heterocycles. The average Bonchev–Trinajstić information content (AvgIpc) is 3.31. The van der Waals surface area contributed by atoms with Crippen LogP contribution in [0.15, 0.2) is 48.5 Å². The summed E-state index contributed by atoms with van der Waals surface area (Å²) >= 11 is 6.10. The van der Waals surface area contributed by atoms with Crippen molar-refractivity contribution < 1.29 is 23.9 Å². The predicted molar refractivity (Wildman–Crippen MR) is 142 cm³/mol. The standard InChI is InChI=1S/C28H33ClN4O5/c1-30-13-15-32(16-14-30)27(36)24-19-38-28(33(24)26(35)21-6-4-8-23(18-21)37-2)9-11-31(12-10-28)25(34)20-5-3-7-22(29)17-20/h3-8,17-18,24H,9-16,19H2,1-2H3. The normalized spacial score (nSPS) is 21.6. The number of halogens is 1. The number of amides is 3. The first-order valence-electron chi connectivity index (χ1n) is 13.0. The minimum absolute atomic E-state index is 0.0938. The van der Waals surface area contributed by atoms with E-state index in [2.05, 4.69) is 4.90 Å². The third-order valence-electron chi connectivity index (χ3n) is 7.80. The molecule has 9 nitrogen and oxygen atoms in total. The number of carbonyl (C=O) groups is 3. The highest BCUT2D eigenvalue weighted by Gasteiger charge is 2.55. The quantitative estimate of drug-likeness (QED) is 0.593. The van der Waals surface area contributed by atoms with E-state index in [-0.39, 0.29) is 24.3 Å². The second-order valence-corrected chi connectivity index (χ2v) is 10.5. The molecule has 0 aliphatic carbocycles. The van der Waals surface area contributed by atoms with E-state index in [1.807, 2.05) is 11.9 Å². The molecule has 0 N–H and O–H groups in total. The van der Waals surface area contributed by atoms with Crippen LogP contribution in [0.1, 0.15) is 33.6 Å². The monoisotopic (exact) mass is 540 g/mol. The van der Waals surface area contributed by atoms with Crippen LogP contribution in [0.4, 0.5) is 0 Å². The molecule has 2 aromatic rings. The number of hydrogen-bond donors (Lipinski definition) is 0. The second-order valence-electron chi connectivity index (χ2n) is 10.1. The van der Waals surface area contributed by atoms with E-state index in [0.29, 0.717) is 60.9 Å². The van der Waals surface area contributed by atoms with Gasteiger partial charge in [-0.15, -0.1) is 0 Å². The van der Waals surface area contributed by atoms with E-state index in [4.69, 9.17) is 21.1 Å². The lowest BCUT2D eigenvalue weighted by Gasteiger charge is -2.45. The van der Waals surface area contributed by atoms with E-state index in [9.17, 15) is 14.4 Å². The van der Waals surface area contributed by atoms with Crippen molar-refractivity contribution in [2.75, 3.05) is 60.0 Å². The number of nitrogens with zero attached hydrogens (tertiary/aromatic N) is 4. The summed E-state index contributed by atoms with van der Waals surface area (Å²) in [5.74, 6) is 0.0807. The molecule has 202 valence electrons. The summed E-state index contributed by atoms with van der Waals surface area (Å²) in [6.45, 7) is 3.71. The molecule has 0 radical (unpaired) electrons.